The summed E-state index contributed by atoms with van der Waals surface area (Å²) in [6.45, 7) is 6.58. The fourth-order valence-electron chi connectivity index (χ4n) is 2.50. The van der Waals surface area contributed by atoms with Crippen molar-refractivity contribution in [1.29, 1.82) is 0 Å². The molecule has 3 rings (SSSR count). The first kappa shape index (κ1) is 17.3. The Morgan fingerprint density at radius 2 is 2.04 bits per heavy atom. The van der Waals surface area contributed by atoms with Gasteiger partial charge in [-0.15, -0.1) is 0 Å². The number of hydrogen-bond donors (Lipinski definition) is 0. The highest BCUT2D eigenvalue weighted by Gasteiger charge is 2.23. The van der Waals surface area contributed by atoms with E-state index >= 15 is 0 Å². The topological polar surface area (TPSA) is 76.3 Å². The third kappa shape index (κ3) is 3.61. The lowest BCUT2D eigenvalue weighted by molar-refractivity contribution is 0.0779. The number of nitrogens with zero attached hydrogens (tertiary/aromatic N) is 6. The Hall–Kier alpha value is -2.54. The predicted molar refractivity (Wildman–Crippen MR) is 94.5 cm³/mol. The molecule has 8 heteroatoms. The molecule has 0 saturated carbocycles. The van der Waals surface area contributed by atoms with E-state index in [0.717, 1.165) is 11.3 Å². The average Bonchev–Trinajstić information content (AvgIpc) is 3.02. The fourth-order valence-corrected chi connectivity index (χ4v) is 2.61. The van der Waals surface area contributed by atoms with Crippen molar-refractivity contribution in [2.45, 2.75) is 32.7 Å². The second-order valence-corrected chi connectivity index (χ2v) is 7.29. The van der Waals surface area contributed by atoms with E-state index in [0.29, 0.717) is 23.2 Å². The quantitative estimate of drug-likeness (QED) is 0.673. The summed E-state index contributed by atoms with van der Waals surface area (Å²) >= 11 is 5.79. The van der Waals surface area contributed by atoms with E-state index in [9.17, 15) is 4.79 Å². The molecule has 0 aliphatic carbocycles. The van der Waals surface area contributed by atoms with E-state index in [-0.39, 0.29) is 11.3 Å². The molecular formula is C17H19ClN6O. The first-order valence-electron chi connectivity index (χ1n) is 7.83. The van der Waals surface area contributed by atoms with Crippen LogP contribution < -0.4 is 0 Å². The SMILES string of the molecule is CN(Cc1ccc(Cl)nc1)C(=O)c1cc(C(C)(C)C)n2ncnc2n1. The Balaban J connectivity index is 1.92. The van der Waals surface area contributed by atoms with Crippen LogP contribution in [0.4, 0.5) is 0 Å². The van der Waals surface area contributed by atoms with Crippen LogP contribution >= 0.6 is 11.6 Å². The third-order valence-corrected chi connectivity index (χ3v) is 4.02. The molecule has 7 nitrogen and oxygen atoms in total. The summed E-state index contributed by atoms with van der Waals surface area (Å²) < 4.78 is 1.67. The van der Waals surface area contributed by atoms with E-state index in [1.807, 2.05) is 6.07 Å². The van der Waals surface area contributed by atoms with E-state index in [4.69, 9.17) is 11.6 Å². The maximum Gasteiger partial charge on any atom is 0.272 e. The zero-order chi connectivity index (χ0) is 18.2. The second-order valence-electron chi connectivity index (χ2n) is 6.90. The van der Waals surface area contributed by atoms with Crippen LogP contribution in [0.15, 0.2) is 30.7 Å². The highest BCUT2D eigenvalue weighted by atomic mass is 35.5. The molecule has 0 aliphatic heterocycles. The molecule has 3 aromatic heterocycles. The van der Waals surface area contributed by atoms with Crippen molar-refractivity contribution in [2.75, 3.05) is 7.05 Å². The standard InChI is InChI=1S/C17H19ClN6O/c1-17(2,3)13-7-12(22-16-20-10-21-24(13)16)15(25)23(4)9-11-5-6-14(18)19-8-11/h5-8,10H,9H2,1-4H3. The number of pyridine rings is 1. The minimum atomic E-state index is -0.206. The maximum absolute atomic E-state index is 12.8. The van der Waals surface area contributed by atoms with E-state index in [1.54, 1.807) is 34.8 Å². The lowest BCUT2D eigenvalue weighted by Gasteiger charge is -2.21. The summed E-state index contributed by atoms with van der Waals surface area (Å²) in [4.78, 5) is 26.9. The van der Waals surface area contributed by atoms with Crippen molar-refractivity contribution < 1.29 is 4.79 Å². The first-order chi connectivity index (χ1) is 11.8. The van der Waals surface area contributed by atoms with Gasteiger partial charge in [-0.25, -0.2) is 14.5 Å². The van der Waals surface area contributed by atoms with Crippen LogP contribution in [0.2, 0.25) is 5.15 Å². The van der Waals surface area contributed by atoms with E-state index in [1.165, 1.54) is 6.33 Å². The molecule has 0 saturated heterocycles. The smallest absolute Gasteiger partial charge is 0.272 e. The van der Waals surface area contributed by atoms with Crippen molar-refractivity contribution in [1.82, 2.24) is 29.5 Å². The van der Waals surface area contributed by atoms with Crippen molar-refractivity contribution >= 4 is 23.3 Å². The molecule has 0 atom stereocenters. The van der Waals surface area contributed by atoms with Crippen molar-refractivity contribution in [3.63, 3.8) is 0 Å². The number of rotatable bonds is 3. The van der Waals surface area contributed by atoms with Gasteiger partial charge in [0.25, 0.3) is 11.7 Å². The van der Waals surface area contributed by atoms with Gasteiger partial charge in [-0.3, -0.25) is 4.79 Å². The molecule has 3 aromatic rings. The average molecular weight is 359 g/mol. The minimum Gasteiger partial charge on any atom is -0.336 e. The molecular weight excluding hydrogens is 340 g/mol. The summed E-state index contributed by atoms with van der Waals surface area (Å²) in [5.74, 6) is 0.225. The zero-order valence-corrected chi connectivity index (χ0v) is 15.3. The Morgan fingerprint density at radius 3 is 2.68 bits per heavy atom. The number of carbonyl (C=O) groups is 1. The van der Waals surface area contributed by atoms with Crippen LogP contribution in [-0.2, 0) is 12.0 Å². The van der Waals surface area contributed by atoms with Crippen LogP contribution in [0, 0.1) is 0 Å². The lowest BCUT2D eigenvalue weighted by Crippen LogP contribution is -2.28. The van der Waals surface area contributed by atoms with Crippen molar-refractivity contribution in [3.8, 4) is 0 Å². The Kier molecular flexibility index (Phi) is 4.43. The molecule has 0 unspecified atom stereocenters. The van der Waals surface area contributed by atoms with Gasteiger partial charge in [0.15, 0.2) is 0 Å². The molecule has 0 spiro atoms. The molecule has 0 aromatic carbocycles. The Bertz CT molecular complexity index is 913. The summed E-state index contributed by atoms with van der Waals surface area (Å²) in [5, 5.41) is 4.63. The zero-order valence-electron chi connectivity index (χ0n) is 14.6. The summed E-state index contributed by atoms with van der Waals surface area (Å²) in [7, 11) is 1.73. The van der Waals surface area contributed by atoms with Gasteiger partial charge in [0.1, 0.15) is 17.2 Å². The van der Waals surface area contributed by atoms with Gasteiger partial charge in [0.2, 0.25) is 0 Å². The van der Waals surface area contributed by atoms with Crippen LogP contribution in [0.5, 0.6) is 0 Å². The largest absolute Gasteiger partial charge is 0.336 e. The van der Waals surface area contributed by atoms with Gasteiger partial charge < -0.3 is 4.90 Å². The third-order valence-electron chi connectivity index (χ3n) is 3.79. The number of fused-ring (bicyclic) bond motifs is 1. The number of hydrogen-bond acceptors (Lipinski definition) is 5. The summed E-state index contributed by atoms with van der Waals surface area (Å²) in [6.07, 6.45) is 3.09. The van der Waals surface area contributed by atoms with Gasteiger partial charge in [-0.05, 0) is 17.7 Å². The molecule has 0 fully saturated rings. The fraction of sp³-hybridized carbons (Fsp3) is 0.353. The molecule has 130 valence electrons. The van der Waals surface area contributed by atoms with Crippen LogP contribution in [0.3, 0.4) is 0 Å². The van der Waals surface area contributed by atoms with Crippen LogP contribution in [0.25, 0.3) is 5.78 Å². The molecule has 0 aliphatic rings. The van der Waals surface area contributed by atoms with Crippen molar-refractivity contribution in [3.05, 3.63) is 52.8 Å². The summed E-state index contributed by atoms with van der Waals surface area (Å²) in [6, 6.07) is 5.32. The Labute approximate surface area is 150 Å². The number of amides is 1. The van der Waals surface area contributed by atoms with E-state index in [2.05, 4.69) is 40.8 Å². The van der Waals surface area contributed by atoms with Crippen LogP contribution in [0.1, 0.15) is 42.5 Å². The molecule has 0 N–H and O–H groups in total. The molecule has 25 heavy (non-hydrogen) atoms. The van der Waals surface area contributed by atoms with Gasteiger partial charge in [-0.2, -0.15) is 10.1 Å². The highest BCUT2D eigenvalue weighted by molar-refractivity contribution is 6.29. The lowest BCUT2D eigenvalue weighted by atomic mass is 9.91. The normalized spacial score (nSPS) is 11.7. The summed E-state index contributed by atoms with van der Waals surface area (Å²) in [5.41, 5.74) is 1.90. The van der Waals surface area contributed by atoms with Gasteiger partial charge in [-0.1, -0.05) is 38.4 Å². The highest BCUT2D eigenvalue weighted by Crippen LogP contribution is 2.23. The van der Waals surface area contributed by atoms with Gasteiger partial charge in [0, 0.05) is 25.2 Å². The molecule has 0 bridgehead atoms. The number of halogens is 1. The van der Waals surface area contributed by atoms with Gasteiger partial charge >= 0.3 is 0 Å². The van der Waals surface area contributed by atoms with E-state index < -0.39 is 0 Å². The first-order valence-corrected chi connectivity index (χ1v) is 8.20. The molecule has 0 radical (unpaired) electrons. The van der Waals surface area contributed by atoms with Crippen molar-refractivity contribution in [2.24, 2.45) is 0 Å². The minimum absolute atomic E-state index is 0.189. The number of aromatic nitrogens is 5. The second kappa shape index (κ2) is 6.40. The molecule has 3 heterocycles. The number of carbonyl (C=O) groups excluding carboxylic acids is 1. The van der Waals surface area contributed by atoms with Crippen LogP contribution in [-0.4, -0.2) is 42.4 Å². The monoisotopic (exact) mass is 358 g/mol. The predicted octanol–water partition coefficient (Wildman–Crippen LogP) is 2.74. The van der Waals surface area contributed by atoms with Gasteiger partial charge in [0.05, 0.1) is 5.69 Å². The molecule has 1 amide bonds. The Morgan fingerprint density at radius 1 is 1.28 bits per heavy atom. The maximum atomic E-state index is 12.8.